The molecular formula is C28H35BrO. The zero-order chi connectivity index (χ0) is 22.7. The molecule has 1 nitrogen and oxygen atoms in total. The summed E-state index contributed by atoms with van der Waals surface area (Å²) in [4.78, 5) is 0. The summed E-state index contributed by atoms with van der Waals surface area (Å²) in [5.74, 6) is 0. The highest BCUT2D eigenvalue weighted by Gasteiger charge is 2.13. The number of benzene rings is 4. The molecule has 0 aliphatic rings. The van der Waals surface area contributed by atoms with Crippen molar-refractivity contribution in [1.29, 1.82) is 0 Å². The van der Waals surface area contributed by atoms with Gasteiger partial charge in [-0.05, 0) is 55.7 Å². The van der Waals surface area contributed by atoms with Gasteiger partial charge in [-0.2, -0.15) is 0 Å². The van der Waals surface area contributed by atoms with Crippen molar-refractivity contribution in [2.45, 2.75) is 55.4 Å². The number of hydrogen-bond donors (Lipinski definition) is 0. The average Bonchev–Trinajstić information content (AvgIpc) is 3.20. The maximum Gasteiger partial charge on any atom is 0.137 e. The molecule has 0 bridgehead atoms. The summed E-state index contributed by atoms with van der Waals surface area (Å²) in [6, 6.07) is 23.2. The van der Waals surface area contributed by atoms with Gasteiger partial charge in [0.05, 0.1) is 0 Å². The van der Waals surface area contributed by atoms with Gasteiger partial charge in [0.1, 0.15) is 11.2 Å². The van der Waals surface area contributed by atoms with Crippen molar-refractivity contribution in [3.8, 4) is 0 Å². The van der Waals surface area contributed by atoms with Gasteiger partial charge in [0.15, 0.2) is 0 Å². The molecule has 0 saturated heterocycles. The summed E-state index contributed by atoms with van der Waals surface area (Å²) < 4.78 is 7.23. The maximum absolute atomic E-state index is 6.12. The Morgan fingerprint density at radius 3 is 1.60 bits per heavy atom. The molecule has 30 heavy (non-hydrogen) atoms. The highest BCUT2D eigenvalue weighted by Crippen LogP contribution is 2.40. The van der Waals surface area contributed by atoms with E-state index >= 15 is 0 Å². The first-order chi connectivity index (χ1) is 14.8. The van der Waals surface area contributed by atoms with Crippen LogP contribution in [0.15, 0.2) is 75.6 Å². The van der Waals surface area contributed by atoms with Gasteiger partial charge in [0.25, 0.3) is 0 Å². The lowest BCUT2D eigenvalue weighted by Gasteiger charge is -2.02. The largest absolute Gasteiger partial charge is 0.456 e. The fourth-order valence-corrected chi connectivity index (χ4v) is 4.00. The normalized spacial score (nSPS) is 9.50. The summed E-state index contributed by atoms with van der Waals surface area (Å²) in [5.41, 5.74) is 1.86. The molecule has 0 unspecified atom stereocenters. The predicted molar refractivity (Wildman–Crippen MR) is 142 cm³/mol. The minimum Gasteiger partial charge on any atom is -0.456 e. The Kier molecular flexibility index (Phi) is 11.2. The summed E-state index contributed by atoms with van der Waals surface area (Å²) in [7, 11) is 0. The van der Waals surface area contributed by atoms with E-state index in [9.17, 15) is 0 Å². The average molecular weight is 467 g/mol. The molecule has 0 fully saturated rings. The van der Waals surface area contributed by atoms with E-state index in [0.717, 1.165) is 26.4 Å². The van der Waals surface area contributed by atoms with Gasteiger partial charge in [-0.15, -0.1) is 0 Å². The first-order valence-corrected chi connectivity index (χ1v) is 12.0. The molecule has 2 heteroatoms. The van der Waals surface area contributed by atoms with E-state index in [1.54, 1.807) is 0 Å². The molecule has 0 spiro atoms. The second-order valence-corrected chi connectivity index (χ2v) is 6.38. The molecule has 0 N–H and O–H groups in total. The van der Waals surface area contributed by atoms with E-state index in [1.807, 2.05) is 55.4 Å². The molecule has 0 atom stereocenters. The Labute approximate surface area is 190 Å². The van der Waals surface area contributed by atoms with E-state index in [1.165, 1.54) is 21.5 Å². The molecule has 1 heterocycles. The van der Waals surface area contributed by atoms with Gasteiger partial charge in [-0.25, -0.2) is 0 Å². The maximum atomic E-state index is 6.12. The van der Waals surface area contributed by atoms with Gasteiger partial charge in [-0.1, -0.05) is 104 Å². The summed E-state index contributed by atoms with van der Waals surface area (Å²) in [6.45, 7) is 16.0. The number of furan rings is 1. The summed E-state index contributed by atoms with van der Waals surface area (Å²) >= 11 is 3.79. The zero-order valence-electron chi connectivity index (χ0n) is 19.6. The van der Waals surface area contributed by atoms with Gasteiger partial charge in [0, 0.05) is 15.2 Å². The van der Waals surface area contributed by atoms with Gasteiger partial charge in [0.2, 0.25) is 0 Å². The van der Waals surface area contributed by atoms with E-state index in [4.69, 9.17) is 4.42 Å². The third-order valence-corrected chi connectivity index (χ3v) is 5.11. The fraction of sp³-hybridized carbons (Fsp3) is 0.286. The topological polar surface area (TPSA) is 13.1 Å². The molecule has 0 radical (unpaired) electrons. The molecule has 5 aromatic rings. The minimum absolute atomic E-state index is 0.927. The van der Waals surface area contributed by atoms with Gasteiger partial charge in [-0.3, -0.25) is 0 Å². The zero-order valence-corrected chi connectivity index (χ0v) is 21.2. The number of rotatable bonds is 0. The Balaban J connectivity index is 0.000000509. The van der Waals surface area contributed by atoms with E-state index < -0.39 is 0 Å². The standard InChI is InChI=1S/C20H11BrO.4C2H6/c21-20-15-8-4-3-7-14(15)11-18-19(20)16-9-12-5-1-2-6-13(12)10-17(16)22-18;4*1-2/h1-11H;4*1-2H3. The van der Waals surface area contributed by atoms with Crippen LogP contribution in [0.3, 0.4) is 0 Å². The van der Waals surface area contributed by atoms with Crippen molar-refractivity contribution in [3.63, 3.8) is 0 Å². The van der Waals surface area contributed by atoms with Gasteiger partial charge < -0.3 is 4.42 Å². The molecule has 0 amide bonds. The Bertz CT molecular complexity index is 1190. The molecule has 5 rings (SSSR count). The lowest BCUT2D eigenvalue weighted by Crippen LogP contribution is -1.77. The van der Waals surface area contributed by atoms with Crippen LogP contribution in [-0.4, -0.2) is 0 Å². The van der Waals surface area contributed by atoms with Crippen LogP contribution in [0.2, 0.25) is 0 Å². The molecule has 0 aliphatic carbocycles. The lowest BCUT2D eigenvalue weighted by atomic mass is 10.0. The van der Waals surface area contributed by atoms with Crippen molar-refractivity contribution < 1.29 is 4.42 Å². The van der Waals surface area contributed by atoms with E-state index in [-0.39, 0.29) is 0 Å². The van der Waals surface area contributed by atoms with E-state index in [2.05, 4.69) is 82.7 Å². The number of hydrogen-bond acceptors (Lipinski definition) is 1. The first-order valence-electron chi connectivity index (χ1n) is 11.2. The van der Waals surface area contributed by atoms with Crippen LogP contribution in [0, 0.1) is 0 Å². The van der Waals surface area contributed by atoms with Crippen molar-refractivity contribution in [3.05, 3.63) is 71.2 Å². The van der Waals surface area contributed by atoms with Gasteiger partial charge >= 0.3 is 0 Å². The van der Waals surface area contributed by atoms with Crippen LogP contribution in [0.25, 0.3) is 43.5 Å². The minimum atomic E-state index is 0.927. The highest BCUT2D eigenvalue weighted by atomic mass is 79.9. The molecule has 1 aromatic heterocycles. The number of fused-ring (bicyclic) bond motifs is 5. The van der Waals surface area contributed by atoms with Crippen LogP contribution in [-0.2, 0) is 0 Å². The molecule has 0 aliphatic heterocycles. The fourth-order valence-electron chi connectivity index (χ4n) is 3.23. The molecule has 160 valence electrons. The lowest BCUT2D eigenvalue weighted by molar-refractivity contribution is 0.670. The van der Waals surface area contributed by atoms with Crippen molar-refractivity contribution in [1.82, 2.24) is 0 Å². The monoisotopic (exact) mass is 466 g/mol. The van der Waals surface area contributed by atoms with Crippen LogP contribution < -0.4 is 0 Å². The van der Waals surface area contributed by atoms with Crippen molar-refractivity contribution in [2.75, 3.05) is 0 Å². The van der Waals surface area contributed by atoms with Crippen LogP contribution >= 0.6 is 15.9 Å². The van der Waals surface area contributed by atoms with Crippen LogP contribution in [0.5, 0.6) is 0 Å². The second kappa shape index (κ2) is 13.1. The Morgan fingerprint density at radius 2 is 1.00 bits per heavy atom. The van der Waals surface area contributed by atoms with Crippen molar-refractivity contribution >= 4 is 59.4 Å². The third kappa shape index (κ3) is 5.05. The number of halogens is 1. The van der Waals surface area contributed by atoms with Crippen LogP contribution in [0.1, 0.15) is 55.4 Å². The summed E-state index contributed by atoms with van der Waals surface area (Å²) in [5, 5.41) is 7.15. The quantitative estimate of drug-likeness (QED) is 0.221. The second-order valence-electron chi connectivity index (χ2n) is 5.58. The molecule has 0 saturated carbocycles. The Hall–Kier alpha value is -2.32. The first kappa shape index (κ1) is 25.7. The molecule has 4 aromatic carbocycles. The molecular weight excluding hydrogens is 432 g/mol. The highest BCUT2D eigenvalue weighted by molar-refractivity contribution is 9.10. The smallest absolute Gasteiger partial charge is 0.137 e. The van der Waals surface area contributed by atoms with Crippen molar-refractivity contribution in [2.24, 2.45) is 0 Å². The Morgan fingerprint density at radius 1 is 0.533 bits per heavy atom. The van der Waals surface area contributed by atoms with Crippen LogP contribution in [0.4, 0.5) is 0 Å². The third-order valence-electron chi connectivity index (χ3n) is 4.29. The summed E-state index contributed by atoms with van der Waals surface area (Å²) in [6.07, 6.45) is 0. The van der Waals surface area contributed by atoms with E-state index in [0.29, 0.717) is 0 Å². The SMILES string of the molecule is Brc1c2ccccc2cc2oc3cc4ccccc4cc3c12.CC.CC.CC.CC. The predicted octanol–water partition coefficient (Wildman–Crippen LogP) is 10.8.